The quantitative estimate of drug-likeness (QED) is 0.782. The van der Waals surface area contributed by atoms with Crippen LogP contribution < -0.4 is 5.73 Å². The number of anilines is 1. The molecule has 3 N–H and O–H groups in total. The predicted octanol–water partition coefficient (Wildman–Crippen LogP) is 1.90. The number of nitrogens with zero attached hydrogens (tertiary/aromatic N) is 1. The molecular weight excluding hydrogens is 234 g/mol. The van der Waals surface area contributed by atoms with Gasteiger partial charge in [-0.3, -0.25) is 0 Å². The van der Waals surface area contributed by atoms with Crippen LogP contribution in [0.15, 0.2) is 22.7 Å². The summed E-state index contributed by atoms with van der Waals surface area (Å²) in [5, 5.41) is 12.0. The van der Waals surface area contributed by atoms with Crippen LogP contribution in [0.1, 0.15) is 10.6 Å². The number of hydrogen-bond acceptors (Lipinski definition) is 4. The minimum Gasteiger partial charge on any atom is -0.475 e. The molecule has 0 aliphatic carbocycles. The molecule has 0 spiro atoms. The van der Waals surface area contributed by atoms with Crippen molar-refractivity contribution >= 4 is 11.7 Å². The number of carboxylic acids is 1. The zero-order valence-electron chi connectivity index (χ0n) is 8.28. The molecule has 0 radical (unpaired) electrons. The third kappa shape index (κ3) is 1.94. The fourth-order valence-electron chi connectivity index (χ4n) is 1.27. The maximum atomic E-state index is 13.1. The van der Waals surface area contributed by atoms with Gasteiger partial charge in [0, 0.05) is 11.6 Å². The zero-order valence-corrected chi connectivity index (χ0v) is 8.28. The van der Waals surface area contributed by atoms with Crippen LogP contribution in [-0.2, 0) is 0 Å². The molecule has 0 amide bonds. The molecule has 0 aliphatic heterocycles. The van der Waals surface area contributed by atoms with E-state index in [2.05, 4.69) is 9.68 Å². The van der Waals surface area contributed by atoms with Crippen LogP contribution in [0.2, 0.25) is 0 Å². The molecule has 7 heteroatoms. The molecule has 17 heavy (non-hydrogen) atoms. The van der Waals surface area contributed by atoms with Crippen molar-refractivity contribution < 1.29 is 23.2 Å². The summed E-state index contributed by atoms with van der Waals surface area (Å²) >= 11 is 0. The van der Waals surface area contributed by atoms with Gasteiger partial charge < -0.3 is 15.4 Å². The van der Waals surface area contributed by atoms with Gasteiger partial charge in [-0.2, -0.15) is 0 Å². The topological polar surface area (TPSA) is 89.4 Å². The zero-order chi connectivity index (χ0) is 12.6. The number of nitrogen functional groups attached to an aromatic ring is 1. The van der Waals surface area contributed by atoms with Crippen molar-refractivity contribution in [1.82, 2.24) is 5.16 Å². The van der Waals surface area contributed by atoms with Gasteiger partial charge in [0.05, 0.1) is 5.69 Å². The van der Waals surface area contributed by atoms with Gasteiger partial charge in [0.1, 0.15) is 5.69 Å². The van der Waals surface area contributed by atoms with Crippen molar-refractivity contribution in [2.75, 3.05) is 5.73 Å². The van der Waals surface area contributed by atoms with Gasteiger partial charge in [-0.1, -0.05) is 5.16 Å². The summed E-state index contributed by atoms with van der Waals surface area (Å²) < 4.78 is 30.5. The molecule has 0 saturated carbocycles. The van der Waals surface area contributed by atoms with Gasteiger partial charge in [0.25, 0.3) is 0 Å². The lowest BCUT2D eigenvalue weighted by Crippen LogP contribution is -1.95. The standard InChI is InChI=1S/C10H6F2N2O3/c11-5-1-4(2-6(13)9(5)12)7-3-8(10(15)16)17-14-7/h1-3H,13H2,(H,15,16). The number of nitrogens with two attached hydrogens (primary N) is 1. The van der Waals surface area contributed by atoms with E-state index < -0.39 is 23.4 Å². The third-order valence-corrected chi connectivity index (χ3v) is 2.07. The number of carbonyl (C=O) groups is 1. The molecule has 0 saturated heterocycles. The van der Waals surface area contributed by atoms with Crippen LogP contribution in [0.4, 0.5) is 14.5 Å². The van der Waals surface area contributed by atoms with E-state index >= 15 is 0 Å². The lowest BCUT2D eigenvalue weighted by Gasteiger charge is -2.01. The van der Waals surface area contributed by atoms with Crippen molar-refractivity contribution in [2.24, 2.45) is 0 Å². The first kappa shape index (κ1) is 11.1. The summed E-state index contributed by atoms with van der Waals surface area (Å²) in [6, 6.07) is 3.09. The molecule has 0 atom stereocenters. The van der Waals surface area contributed by atoms with Crippen molar-refractivity contribution in [3.63, 3.8) is 0 Å². The summed E-state index contributed by atoms with van der Waals surface area (Å²) in [4.78, 5) is 10.5. The van der Waals surface area contributed by atoms with E-state index in [1.165, 1.54) is 0 Å². The molecule has 1 aromatic heterocycles. The van der Waals surface area contributed by atoms with Gasteiger partial charge in [-0.15, -0.1) is 0 Å². The van der Waals surface area contributed by atoms with Gasteiger partial charge in [0.2, 0.25) is 5.76 Å². The number of hydrogen-bond donors (Lipinski definition) is 2. The van der Waals surface area contributed by atoms with Gasteiger partial charge in [-0.25, -0.2) is 13.6 Å². The van der Waals surface area contributed by atoms with E-state index in [0.717, 1.165) is 18.2 Å². The van der Waals surface area contributed by atoms with Crippen molar-refractivity contribution in [3.8, 4) is 11.3 Å². The molecule has 1 heterocycles. The Morgan fingerprint density at radius 1 is 1.35 bits per heavy atom. The van der Waals surface area contributed by atoms with E-state index in [0.29, 0.717) is 0 Å². The number of halogens is 2. The molecule has 0 bridgehead atoms. The summed E-state index contributed by atoms with van der Waals surface area (Å²) in [7, 11) is 0. The van der Waals surface area contributed by atoms with E-state index in [9.17, 15) is 13.6 Å². The summed E-state index contributed by atoms with van der Waals surface area (Å²) in [6.45, 7) is 0. The van der Waals surface area contributed by atoms with E-state index in [4.69, 9.17) is 10.8 Å². The normalized spacial score (nSPS) is 10.5. The molecule has 5 nitrogen and oxygen atoms in total. The maximum Gasteiger partial charge on any atom is 0.374 e. The Balaban J connectivity index is 2.49. The molecule has 0 unspecified atom stereocenters. The van der Waals surface area contributed by atoms with Crippen LogP contribution in [0.3, 0.4) is 0 Å². The van der Waals surface area contributed by atoms with Gasteiger partial charge >= 0.3 is 5.97 Å². The van der Waals surface area contributed by atoms with E-state index in [1.807, 2.05) is 0 Å². The molecular formula is C10H6F2N2O3. The Bertz CT molecular complexity index is 572. The Hall–Kier alpha value is -2.44. The highest BCUT2D eigenvalue weighted by atomic mass is 19.2. The largest absolute Gasteiger partial charge is 0.475 e. The van der Waals surface area contributed by atoms with E-state index in [1.54, 1.807) is 0 Å². The van der Waals surface area contributed by atoms with Crippen molar-refractivity contribution in [2.45, 2.75) is 0 Å². The van der Waals surface area contributed by atoms with Gasteiger partial charge in [0.15, 0.2) is 11.6 Å². The lowest BCUT2D eigenvalue weighted by molar-refractivity contribution is 0.0652. The number of aromatic nitrogens is 1. The Labute approximate surface area is 93.4 Å². The first-order valence-electron chi connectivity index (χ1n) is 4.44. The number of aromatic carboxylic acids is 1. The molecule has 88 valence electrons. The maximum absolute atomic E-state index is 13.1. The highest BCUT2D eigenvalue weighted by Gasteiger charge is 2.15. The van der Waals surface area contributed by atoms with E-state index in [-0.39, 0.29) is 16.9 Å². The fourth-order valence-corrected chi connectivity index (χ4v) is 1.27. The smallest absolute Gasteiger partial charge is 0.374 e. The Kier molecular flexibility index (Phi) is 2.51. The summed E-state index contributed by atoms with van der Waals surface area (Å²) in [6.07, 6.45) is 0. The third-order valence-electron chi connectivity index (χ3n) is 2.07. The first-order chi connectivity index (χ1) is 7.99. The predicted molar refractivity (Wildman–Crippen MR) is 53.2 cm³/mol. The van der Waals surface area contributed by atoms with Crippen LogP contribution in [0.5, 0.6) is 0 Å². The summed E-state index contributed by atoms with van der Waals surface area (Å²) in [5.41, 5.74) is 5.05. The second kappa shape index (κ2) is 3.85. The lowest BCUT2D eigenvalue weighted by atomic mass is 10.1. The highest BCUT2D eigenvalue weighted by Crippen LogP contribution is 2.25. The van der Waals surface area contributed by atoms with Crippen LogP contribution in [0, 0.1) is 11.6 Å². The first-order valence-corrected chi connectivity index (χ1v) is 4.44. The molecule has 2 aromatic rings. The Morgan fingerprint density at radius 2 is 2.06 bits per heavy atom. The van der Waals surface area contributed by atoms with Crippen LogP contribution >= 0.6 is 0 Å². The minimum atomic E-state index is -1.31. The molecule has 0 fully saturated rings. The minimum absolute atomic E-state index is 0.0630. The molecule has 2 rings (SSSR count). The second-order valence-corrected chi connectivity index (χ2v) is 3.24. The van der Waals surface area contributed by atoms with Crippen LogP contribution in [-0.4, -0.2) is 16.2 Å². The number of carboxylic acid groups (broad SMARTS) is 1. The fraction of sp³-hybridized carbons (Fsp3) is 0. The average molecular weight is 240 g/mol. The average Bonchev–Trinajstić information content (AvgIpc) is 2.74. The van der Waals surface area contributed by atoms with Crippen molar-refractivity contribution in [1.29, 1.82) is 0 Å². The SMILES string of the molecule is Nc1cc(-c2cc(C(=O)O)on2)cc(F)c1F. The molecule has 1 aromatic carbocycles. The number of rotatable bonds is 2. The second-order valence-electron chi connectivity index (χ2n) is 3.24. The number of benzene rings is 1. The van der Waals surface area contributed by atoms with Crippen LogP contribution in [0.25, 0.3) is 11.3 Å². The monoisotopic (exact) mass is 240 g/mol. The molecule has 0 aliphatic rings. The van der Waals surface area contributed by atoms with Gasteiger partial charge in [-0.05, 0) is 12.1 Å². The highest BCUT2D eigenvalue weighted by molar-refractivity contribution is 5.85. The van der Waals surface area contributed by atoms with Crippen molar-refractivity contribution in [3.05, 3.63) is 35.6 Å². The Morgan fingerprint density at radius 3 is 2.59 bits per heavy atom. The summed E-state index contributed by atoms with van der Waals surface area (Å²) in [5.74, 6) is -4.00.